The van der Waals surface area contributed by atoms with Crippen molar-refractivity contribution in [2.45, 2.75) is 83.2 Å². The van der Waals surface area contributed by atoms with Crippen LogP contribution in [0.15, 0.2) is 24.3 Å². The first-order valence-corrected chi connectivity index (χ1v) is 10.1. The van der Waals surface area contributed by atoms with Crippen molar-refractivity contribution in [2.75, 3.05) is 6.61 Å². The summed E-state index contributed by atoms with van der Waals surface area (Å²) in [5.41, 5.74) is 0. The van der Waals surface area contributed by atoms with Crippen LogP contribution in [-0.4, -0.2) is 41.3 Å². The molecule has 5 nitrogen and oxygen atoms in total. The molecule has 2 aliphatic rings. The maximum atomic E-state index is 10.5. The molecule has 5 heteroatoms. The Labute approximate surface area is 157 Å². The minimum atomic E-state index is -0.740. The van der Waals surface area contributed by atoms with Gasteiger partial charge in [-0.15, -0.1) is 0 Å². The van der Waals surface area contributed by atoms with Crippen LogP contribution in [0, 0.1) is 11.8 Å². The second-order valence-corrected chi connectivity index (χ2v) is 7.46. The molecule has 2 rings (SSSR count). The average Bonchev–Trinajstić information content (AvgIpc) is 3.00. The van der Waals surface area contributed by atoms with E-state index >= 15 is 0 Å². The molecule has 0 spiro atoms. The van der Waals surface area contributed by atoms with Gasteiger partial charge in [-0.3, -0.25) is 4.79 Å². The number of aliphatic hydroxyl groups excluding tert-OH is 1. The summed E-state index contributed by atoms with van der Waals surface area (Å²) in [4.78, 5) is 10.5. The number of ether oxygens (including phenoxy) is 2. The number of aliphatic hydroxyl groups is 1. The Morgan fingerprint density at radius 3 is 2.88 bits per heavy atom. The van der Waals surface area contributed by atoms with Crippen molar-refractivity contribution >= 4 is 5.97 Å². The van der Waals surface area contributed by atoms with Crippen LogP contribution < -0.4 is 0 Å². The molecule has 5 atom stereocenters. The Kier molecular flexibility index (Phi) is 9.37. The molecule has 26 heavy (non-hydrogen) atoms. The largest absolute Gasteiger partial charge is 0.481 e. The number of carbonyl (C=O) groups is 1. The number of fused-ring (bicyclic) bond motifs is 2. The number of hydrogen-bond acceptors (Lipinski definition) is 4. The molecule has 2 heterocycles. The van der Waals surface area contributed by atoms with Crippen LogP contribution in [0.25, 0.3) is 0 Å². The molecule has 0 saturated carbocycles. The molecule has 2 aliphatic heterocycles. The number of carboxylic acid groups (broad SMARTS) is 1. The summed E-state index contributed by atoms with van der Waals surface area (Å²) in [5.74, 6) is 0.101. The van der Waals surface area contributed by atoms with Gasteiger partial charge in [0.05, 0.1) is 18.8 Å². The minimum Gasteiger partial charge on any atom is -0.481 e. The van der Waals surface area contributed by atoms with Crippen molar-refractivity contribution in [3.05, 3.63) is 24.3 Å². The van der Waals surface area contributed by atoms with E-state index in [0.717, 1.165) is 51.6 Å². The molecular weight excluding hydrogens is 332 g/mol. The first kappa shape index (κ1) is 21.1. The molecule has 148 valence electrons. The van der Waals surface area contributed by atoms with Crippen LogP contribution in [0.4, 0.5) is 0 Å². The molecule has 2 fully saturated rings. The molecular formula is C21H34O5. The van der Waals surface area contributed by atoms with Crippen molar-refractivity contribution in [3.8, 4) is 0 Å². The smallest absolute Gasteiger partial charge is 0.303 e. The number of allylic oxidation sites excluding steroid dienone is 2. The lowest BCUT2D eigenvalue weighted by atomic mass is 9.81. The van der Waals surface area contributed by atoms with Crippen LogP contribution >= 0.6 is 0 Å². The minimum absolute atomic E-state index is 0.0225. The number of rotatable bonds is 12. The molecule has 3 unspecified atom stereocenters. The fourth-order valence-electron chi connectivity index (χ4n) is 3.75. The summed E-state index contributed by atoms with van der Waals surface area (Å²) in [6.07, 6.45) is 15.3. The lowest BCUT2D eigenvalue weighted by Gasteiger charge is -2.33. The molecule has 0 radical (unpaired) electrons. The third-order valence-electron chi connectivity index (χ3n) is 5.29. The highest BCUT2D eigenvalue weighted by Crippen LogP contribution is 2.39. The van der Waals surface area contributed by atoms with Crippen molar-refractivity contribution in [2.24, 2.45) is 11.8 Å². The van der Waals surface area contributed by atoms with Gasteiger partial charge in [0.25, 0.3) is 0 Å². The van der Waals surface area contributed by atoms with E-state index in [1.165, 1.54) is 0 Å². The average molecular weight is 366 g/mol. The summed E-state index contributed by atoms with van der Waals surface area (Å²) < 4.78 is 11.7. The number of unbranched alkanes of at least 4 members (excludes halogenated alkanes) is 3. The van der Waals surface area contributed by atoms with E-state index in [1.54, 1.807) is 0 Å². The van der Waals surface area contributed by atoms with E-state index in [0.29, 0.717) is 18.3 Å². The number of hydrogen-bond donors (Lipinski definition) is 2. The highest BCUT2D eigenvalue weighted by atomic mass is 16.7. The van der Waals surface area contributed by atoms with Gasteiger partial charge in [0, 0.05) is 12.8 Å². The van der Waals surface area contributed by atoms with Gasteiger partial charge in [-0.1, -0.05) is 50.5 Å². The van der Waals surface area contributed by atoms with Gasteiger partial charge >= 0.3 is 5.97 Å². The molecule has 0 aromatic carbocycles. The number of aliphatic carboxylic acids is 1. The van der Waals surface area contributed by atoms with Crippen LogP contribution in [0.1, 0.15) is 64.7 Å². The van der Waals surface area contributed by atoms with Gasteiger partial charge in [-0.25, -0.2) is 0 Å². The van der Waals surface area contributed by atoms with Crippen molar-refractivity contribution in [1.82, 2.24) is 0 Å². The normalized spacial score (nSPS) is 29.6. The first-order valence-electron chi connectivity index (χ1n) is 10.1. The van der Waals surface area contributed by atoms with Crippen molar-refractivity contribution in [1.29, 1.82) is 0 Å². The van der Waals surface area contributed by atoms with Gasteiger partial charge in [0.1, 0.15) is 0 Å². The third-order valence-corrected chi connectivity index (χ3v) is 5.29. The standard InChI is InChI=1S/C21H34O5/c1-2-3-6-9-17(22)12-13-19-18(16-14-21(26-19)25-15-16)10-7-4-5-8-11-20(23)24/h4,7,12-13,16-19,21-22H,2-3,5-6,8-11,14-15H2,1H3,(H,23,24)/b7-4-,13-12+/t16?,17?,18-,19?,21+/m0/s1. The topological polar surface area (TPSA) is 76.0 Å². The monoisotopic (exact) mass is 366 g/mol. The highest BCUT2D eigenvalue weighted by Gasteiger charge is 2.42. The third kappa shape index (κ3) is 7.22. The fraction of sp³-hybridized carbons (Fsp3) is 0.762. The molecule has 2 bridgehead atoms. The molecule has 2 N–H and O–H groups in total. The second kappa shape index (κ2) is 11.5. The van der Waals surface area contributed by atoms with Gasteiger partial charge in [-0.05, 0) is 37.5 Å². The van der Waals surface area contributed by atoms with Gasteiger partial charge in [0.15, 0.2) is 6.29 Å². The zero-order valence-corrected chi connectivity index (χ0v) is 15.9. The lowest BCUT2D eigenvalue weighted by Crippen LogP contribution is -2.35. The zero-order chi connectivity index (χ0) is 18.8. The maximum absolute atomic E-state index is 10.5. The summed E-state index contributed by atoms with van der Waals surface area (Å²) in [5, 5.41) is 18.8. The molecule has 0 aliphatic carbocycles. The SMILES string of the molecule is CCCCCC(O)/C=C/C1O[C@@H]2CC(CO2)[C@@H]1C/C=C\CCCC(=O)O. The Morgan fingerprint density at radius 2 is 2.12 bits per heavy atom. The highest BCUT2D eigenvalue weighted by molar-refractivity contribution is 5.66. The van der Waals surface area contributed by atoms with Crippen LogP contribution in [0.5, 0.6) is 0 Å². The van der Waals surface area contributed by atoms with E-state index in [4.69, 9.17) is 14.6 Å². The van der Waals surface area contributed by atoms with Crippen LogP contribution in [-0.2, 0) is 14.3 Å². The predicted octanol–water partition coefficient (Wildman–Crippen LogP) is 4.06. The fourth-order valence-corrected chi connectivity index (χ4v) is 3.75. The maximum Gasteiger partial charge on any atom is 0.303 e. The second-order valence-electron chi connectivity index (χ2n) is 7.46. The van der Waals surface area contributed by atoms with Crippen molar-refractivity contribution < 1.29 is 24.5 Å². The molecule has 0 aromatic heterocycles. The molecule has 0 amide bonds. The lowest BCUT2D eigenvalue weighted by molar-refractivity contribution is -0.147. The quantitative estimate of drug-likeness (QED) is 0.402. The van der Waals surface area contributed by atoms with Gasteiger partial charge < -0.3 is 19.7 Å². The molecule has 2 saturated heterocycles. The van der Waals surface area contributed by atoms with E-state index < -0.39 is 12.1 Å². The summed E-state index contributed by atoms with van der Waals surface area (Å²) >= 11 is 0. The summed E-state index contributed by atoms with van der Waals surface area (Å²) in [6, 6.07) is 0. The summed E-state index contributed by atoms with van der Waals surface area (Å²) in [6.45, 7) is 2.90. The van der Waals surface area contributed by atoms with Crippen LogP contribution in [0.3, 0.4) is 0 Å². The summed E-state index contributed by atoms with van der Waals surface area (Å²) in [7, 11) is 0. The predicted molar refractivity (Wildman–Crippen MR) is 101 cm³/mol. The zero-order valence-electron chi connectivity index (χ0n) is 15.9. The Balaban J connectivity index is 1.82. The molecule has 0 aromatic rings. The van der Waals surface area contributed by atoms with E-state index in [2.05, 4.69) is 19.1 Å². The van der Waals surface area contributed by atoms with E-state index in [9.17, 15) is 9.90 Å². The Morgan fingerprint density at radius 1 is 1.27 bits per heavy atom. The van der Waals surface area contributed by atoms with Gasteiger partial charge in [-0.2, -0.15) is 0 Å². The Hall–Kier alpha value is -1.17. The first-order chi connectivity index (χ1) is 12.6. The van der Waals surface area contributed by atoms with Crippen molar-refractivity contribution in [3.63, 3.8) is 0 Å². The Bertz CT molecular complexity index is 473. The number of carboxylic acids is 1. The van der Waals surface area contributed by atoms with E-state index in [-0.39, 0.29) is 18.8 Å². The van der Waals surface area contributed by atoms with Crippen LogP contribution in [0.2, 0.25) is 0 Å². The van der Waals surface area contributed by atoms with Gasteiger partial charge in [0.2, 0.25) is 0 Å². The van der Waals surface area contributed by atoms with E-state index in [1.807, 2.05) is 12.2 Å².